The van der Waals surface area contributed by atoms with Crippen molar-refractivity contribution in [1.82, 2.24) is 0 Å². The number of alkyl halides is 2. The maximum atomic E-state index is 14.6. The second-order valence-electron chi connectivity index (χ2n) is 11.6. The molecule has 3 fully saturated rings. The van der Waals surface area contributed by atoms with Crippen molar-refractivity contribution in [1.29, 1.82) is 0 Å². The molecule has 5 atom stereocenters. The lowest BCUT2D eigenvalue weighted by atomic mass is 9.60. The molecular weight excluding hydrogens is 394 g/mol. The largest absolute Gasteiger partial charge is 0.393 e. The predicted molar refractivity (Wildman–Crippen MR) is 123 cm³/mol. The molecule has 31 heavy (non-hydrogen) atoms. The van der Waals surface area contributed by atoms with Gasteiger partial charge >= 0.3 is 0 Å². The van der Waals surface area contributed by atoms with E-state index in [1.165, 1.54) is 19.4 Å². The first-order valence-electron chi connectivity index (χ1n) is 12.2. The normalized spacial score (nSPS) is 36.1. The molecule has 0 aliphatic heterocycles. The van der Waals surface area contributed by atoms with Crippen LogP contribution < -0.4 is 0 Å². The number of halogens is 2. The van der Waals surface area contributed by atoms with Crippen molar-refractivity contribution in [3.63, 3.8) is 0 Å². The van der Waals surface area contributed by atoms with E-state index >= 15 is 0 Å². The second-order valence-corrected chi connectivity index (χ2v) is 11.6. The zero-order valence-corrected chi connectivity index (χ0v) is 19.9. The summed E-state index contributed by atoms with van der Waals surface area (Å²) >= 11 is 0. The van der Waals surface area contributed by atoms with Crippen molar-refractivity contribution in [2.24, 2.45) is 23.2 Å². The summed E-state index contributed by atoms with van der Waals surface area (Å²) in [7, 11) is 0. The lowest BCUT2D eigenvalue weighted by molar-refractivity contribution is -0.0949. The molecule has 5 unspecified atom stereocenters. The van der Waals surface area contributed by atoms with Crippen molar-refractivity contribution < 1.29 is 19.0 Å². The van der Waals surface area contributed by atoms with Gasteiger partial charge in [-0.25, -0.2) is 8.78 Å². The summed E-state index contributed by atoms with van der Waals surface area (Å²) in [5, 5.41) is 19.9. The smallest absolute Gasteiger partial charge is 0.251 e. The van der Waals surface area contributed by atoms with Gasteiger partial charge in [0.1, 0.15) is 0 Å². The topological polar surface area (TPSA) is 40.5 Å². The van der Waals surface area contributed by atoms with Gasteiger partial charge in [-0.3, -0.25) is 0 Å². The van der Waals surface area contributed by atoms with Gasteiger partial charge in [0.25, 0.3) is 5.92 Å². The number of aliphatic hydroxyl groups is 2. The van der Waals surface area contributed by atoms with Gasteiger partial charge in [-0.2, -0.15) is 0 Å². The maximum Gasteiger partial charge on any atom is 0.251 e. The molecule has 0 aromatic rings. The van der Waals surface area contributed by atoms with Crippen LogP contribution in [0.4, 0.5) is 8.78 Å². The number of rotatable bonds is 6. The molecule has 0 aromatic heterocycles. The molecule has 176 valence electrons. The number of hydrogen-bond donors (Lipinski definition) is 2. The highest BCUT2D eigenvalue weighted by molar-refractivity contribution is 5.36. The molecular formula is C27H42F2O2. The van der Waals surface area contributed by atoms with Crippen LogP contribution >= 0.6 is 0 Å². The Labute approximate surface area is 187 Å². The van der Waals surface area contributed by atoms with Gasteiger partial charge in [-0.1, -0.05) is 43.7 Å². The third kappa shape index (κ3) is 5.87. The van der Waals surface area contributed by atoms with Gasteiger partial charge in [0, 0.05) is 12.8 Å². The molecule has 0 bridgehead atoms. The minimum atomic E-state index is -2.84. The highest BCUT2D eigenvalue weighted by Gasteiger charge is 2.52. The van der Waals surface area contributed by atoms with Crippen molar-refractivity contribution in [3.8, 4) is 0 Å². The molecule has 3 aliphatic carbocycles. The Kier molecular flexibility index (Phi) is 7.23. The van der Waals surface area contributed by atoms with Gasteiger partial charge < -0.3 is 10.2 Å². The van der Waals surface area contributed by atoms with Crippen molar-refractivity contribution in [3.05, 3.63) is 35.5 Å². The minimum absolute atomic E-state index is 0.0654. The Morgan fingerprint density at radius 3 is 2.58 bits per heavy atom. The van der Waals surface area contributed by atoms with Crippen molar-refractivity contribution in [2.75, 3.05) is 0 Å². The first-order valence-corrected chi connectivity index (χ1v) is 12.2. The molecule has 0 spiro atoms. The van der Waals surface area contributed by atoms with E-state index in [2.05, 4.69) is 25.7 Å². The number of allylic oxidation sites excluding steroid dienone is 4. The van der Waals surface area contributed by atoms with Crippen LogP contribution in [-0.2, 0) is 0 Å². The van der Waals surface area contributed by atoms with Crippen LogP contribution in [0, 0.1) is 23.2 Å². The fraction of sp³-hybridized carbons (Fsp3) is 0.778. The second kappa shape index (κ2) is 9.09. The van der Waals surface area contributed by atoms with Gasteiger partial charge in [0.2, 0.25) is 0 Å². The minimum Gasteiger partial charge on any atom is -0.393 e. The van der Waals surface area contributed by atoms with Crippen LogP contribution in [0.2, 0.25) is 0 Å². The first kappa shape index (κ1) is 24.6. The predicted octanol–water partition coefficient (Wildman–Crippen LogP) is 6.98. The van der Waals surface area contributed by atoms with Gasteiger partial charge in [0.05, 0.1) is 11.7 Å². The Balaban J connectivity index is 1.74. The molecule has 3 saturated carbocycles. The highest BCUT2D eigenvalue weighted by atomic mass is 19.3. The van der Waals surface area contributed by atoms with Crippen molar-refractivity contribution >= 4 is 0 Å². The monoisotopic (exact) mass is 436 g/mol. The number of aliphatic hydroxyl groups excluding tert-OH is 1. The lowest BCUT2D eigenvalue weighted by Gasteiger charge is -2.45. The fourth-order valence-corrected chi connectivity index (χ4v) is 6.93. The fourth-order valence-electron chi connectivity index (χ4n) is 6.93. The van der Waals surface area contributed by atoms with E-state index < -0.39 is 17.9 Å². The van der Waals surface area contributed by atoms with E-state index in [4.69, 9.17) is 0 Å². The molecule has 0 saturated heterocycles. The quantitative estimate of drug-likeness (QED) is 0.471. The zero-order chi connectivity index (χ0) is 23.0. The van der Waals surface area contributed by atoms with Crippen LogP contribution in [0.5, 0.6) is 0 Å². The molecule has 2 N–H and O–H groups in total. The number of fused-ring (bicyclic) bond motifs is 1. The third-order valence-corrected chi connectivity index (χ3v) is 8.22. The van der Waals surface area contributed by atoms with E-state index in [1.807, 2.05) is 6.92 Å². The summed E-state index contributed by atoms with van der Waals surface area (Å²) in [5.74, 6) is -2.17. The van der Waals surface area contributed by atoms with Crippen LogP contribution in [0.15, 0.2) is 35.5 Å². The van der Waals surface area contributed by atoms with E-state index in [0.717, 1.165) is 56.1 Å². The Hall–Kier alpha value is -1.00. The average Bonchev–Trinajstić information content (AvgIpc) is 2.97. The lowest BCUT2D eigenvalue weighted by Crippen LogP contribution is -2.39. The Morgan fingerprint density at radius 2 is 1.90 bits per heavy atom. The van der Waals surface area contributed by atoms with Crippen LogP contribution in [-0.4, -0.2) is 27.8 Å². The van der Waals surface area contributed by atoms with E-state index in [-0.39, 0.29) is 29.8 Å². The van der Waals surface area contributed by atoms with Gasteiger partial charge in [-0.15, -0.1) is 0 Å². The van der Waals surface area contributed by atoms with Crippen LogP contribution in [0.25, 0.3) is 0 Å². The maximum absolute atomic E-state index is 14.6. The third-order valence-electron chi connectivity index (χ3n) is 8.22. The number of hydrogen-bond acceptors (Lipinski definition) is 2. The van der Waals surface area contributed by atoms with Crippen LogP contribution in [0.3, 0.4) is 0 Å². The average molecular weight is 437 g/mol. The summed E-state index contributed by atoms with van der Waals surface area (Å²) < 4.78 is 29.3. The Bertz CT molecular complexity index is 730. The van der Waals surface area contributed by atoms with Gasteiger partial charge in [0.15, 0.2) is 0 Å². The summed E-state index contributed by atoms with van der Waals surface area (Å²) in [6.07, 6.45) is 11.2. The Morgan fingerprint density at radius 1 is 1.19 bits per heavy atom. The molecule has 0 amide bonds. The summed E-state index contributed by atoms with van der Waals surface area (Å²) in [4.78, 5) is 0. The van der Waals surface area contributed by atoms with E-state index in [9.17, 15) is 19.0 Å². The molecule has 0 heterocycles. The van der Waals surface area contributed by atoms with Crippen LogP contribution in [0.1, 0.15) is 91.9 Å². The molecule has 3 rings (SSSR count). The summed E-state index contributed by atoms with van der Waals surface area (Å²) in [5.41, 5.74) is 2.46. The SMILES string of the molecule is C=C1CCC(O)C/C1=C/C=C1/CCCC2(C)C1CCC2C(C)CC(F)(F)CC(C)(C)O. The zero-order valence-electron chi connectivity index (χ0n) is 19.9. The summed E-state index contributed by atoms with van der Waals surface area (Å²) in [6.45, 7) is 11.4. The van der Waals surface area contributed by atoms with Gasteiger partial charge in [-0.05, 0) is 94.0 Å². The van der Waals surface area contributed by atoms with E-state index in [1.54, 1.807) is 0 Å². The molecule has 2 nitrogen and oxygen atoms in total. The molecule has 0 radical (unpaired) electrons. The molecule has 3 aliphatic rings. The highest BCUT2D eigenvalue weighted by Crippen LogP contribution is 2.60. The molecule has 4 heteroatoms. The molecule has 0 aromatic carbocycles. The summed E-state index contributed by atoms with van der Waals surface area (Å²) in [6, 6.07) is 0. The standard InChI is InChI=1S/C27H42F2O2/c1-18-8-11-22(30)15-21(18)10-9-20-7-6-14-26(5)23(12-13-24(20)26)19(2)16-27(28,29)17-25(3,4)31/h9-10,19,22-24,30-31H,1,6-8,11-17H2,2-5H3/b20-9-,21-10-. The van der Waals surface area contributed by atoms with E-state index in [0.29, 0.717) is 12.3 Å². The van der Waals surface area contributed by atoms with Crippen molar-refractivity contribution in [2.45, 2.75) is 110 Å². The first-order chi connectivity index (χ1) is 14.3.